The monoisotopic (exact) mass is 460 g/mol. The van der Waals surface area contributed by atoms with Gasteiger partial charge in [-0.05, 0) is 74.1 Å². The van der Waals surface area contributed by atoms with Crippen molar-refractivity contribution in [1.29, 1.82) is 0 Å². The van der Waals surface area contributed by atoms with Gasteiger partial charge in [-0.2, -0.15) is 0 Å². The zero-order chi connectivity index (χ0) is 23.6. The SMILES string of the molecule is c1ccc(-c2c3ccccc3c(-c3ccc4oc5cc6ccoc6cc5c4c3)c3ccccc23)cc1. The average molecular weight is 461 g/mol. The molecule has 0 N–H and O–H groups in total. The molecule has 0 spiro atoms. The largest absolute Gasteiger partial charge is 0.464 e. The molecule has 0 radical (unpaired) electrons. The first-order valence-corrected chi connectivity index (χ1v) is 12.2. The molecule has 0 bridgehead atoms. The highest BCUT2D eigenvalue weighted by Crippen LogP contribution is 2.44. The van der Waals surface area contributed by atoms with Crippen LogP contribution in [-0.2, 0) is 0 Å². The van der Waals surface area contributed by atoms with Crippen LogP contribution in [0.25, 0.3) is 76.7 Å². The van der Waals surface area contributed by atoms with E-state index in [2.05, 4.69) is 109 Å². The lowest BCUT2D eigenvalue weighted by atomic mass is 9.86. The smallest absolute Gasteiger partial charge is 0.136 e. The Labute approximate surface area is 207 Å². The molecule has 8 rings (SSSR count). The molecule has 2 heteroatoms. The highest BCUT2D eigenvalue weighted by Gasteiger charge is 2.18. The van der Waals surface area contributed by atoms with Crippen LogP contribution in [0.15, 0.2) is 130 Å². The summed E-state index contributed by atoms with van der Waals surface area (Å²) in [6, 6.07) is 40.9. The molecule has 0 unspecified atom stereocenters. The van der Waals surface area contributed by atoms with E-state index in [1.54, 1.807) is 6.26 Å². The van der Waals surface area contributed by atoms with E-state index in [-0.39, 0.29) is 0 Å². The first-order valence-electron chi connectivity index (χ1n) is 12.2. The van der Waals surface area contributed by atoms with Crippen LogP contribution in [0.2, 0.25) is 0 Å². The van der Waals surface area contributed by atoms with E-state index in [0.717, 1.165) is 32.9 Å². The zero-order valence-corrected chi connectivity index (χ0v) is 19.4. The molecule has 2 nitrogen and oxygen atoms in total. The summed E-state index contributed by atoms with van der Waals surface area (Å²) in [6.07, 6.45) is 1.73. The van der Waals surface area contributed by atoms with Crippen LogP contribution >= 0.6 is 0 Å². The number of hydrogen-bond acceptors (Lipinski definition) is 2. The summed E-state index contributed by atoms with van der Waals surface area (Å²) in [5.74, 6) is 0. The van der Waals surface area contributed by atoms with Gasteiger partial charge in [0, 0.05) is 16.2 Å². The van der Waals surface area contributed by atoms with Crippen LogP contribution in [-0.4, -0.2) is 0 Å². The minimum absolute atomic E-state index is 0.874. The molecule has 2 heterocycles. The number of fused-ring (bicyclic) bond motifs is 6. The van der Waals surface area contributed by atoms with Crippen LogP contribution < -0.4 is 0 Å². The van der Waals surface area contributed by atoms with Gasteiger partial charge in [0.1, 0.15) is 16.7 Å². The first-order chi connectivity index (χ1) is 17.8. The molecule has 0 fully saturated rings. The molecule has 0 amide bonds. The highest BCUT2D eigenvalue weighted by molar-refractivity contribution is 6.22. The van der Waals surface area contributed by atoms with Crippen molar-refractivity contribution in [3.05, 3.63) is 122 Å². The van der Waals surface area contributed by atoms with Crippen LogP contribution in [0.1, 0.15) is 0 Å². The molecule has 0 atom stereocenters. The van der Waals surface area contributed by atoms with Crippen molar-refractivity contribution in [1.82, 2.24) is 0 Å². The third kappa shape index (κ3) is 2.73. The maximum atomic E-state index is 6.23. The van der Waals surface area contributed by atoms with E-state index in [1.165, 1.54) is 43.8 Å². The van der Waals surface area contributed by atoms with Crippen LogP contribution in [0.4, 0.5) is 0 Å². The van der Waals surface area contributed by atoms with Gasteiger partial charge in [-0.15, -0.1) is 0 Å². The van der Waals surface area contributed by atoms with Crippen molar-refractivity contribution >= 4 is 54.5 Å². The van der Waals surface area contributed by atoms with Crippen molar-refractivity contribution < 1.29 is 8.83 Å². The van der Waals surface area contributed by atoms with Gasteiger partial charge in [-0.25, -0.2) is 0 Å². The first kappa shape index (κ1) is 19.5. The van der Waals surface area contributed by atoms with Gasteiger partial charge in [0.25, 0.3) is 0 Å². The molecule has 6 aromatic carbocycles. The molecule has 0 aliphatic rings. The topological polar surface area (TPSA) is 26.3 Å². The Morgan fingerprint density at radius 3 is 1.69 bits per heavy atom. The Morgan fingerprint density at radius 2 is 1.00 bits per heavy atom. The molecule has 0 aliphatic heterocycles. The maximum Gasteiger partial charge on any atom is 0.136 e. The summed E-state index contributed by atoms with van der Waals surface area (Å²) < 4.78 is 11.9. The van der Waals surface area contributed by atoms with Gasteiger partial charge >= 0.3 is 0 Å². The van der Waals surface area contributed by atoms with E-state index in [1.807, 2.05) is 6.07 Å². The minimum Gasteiger partial charge on any atom is -0.464 e. The number of rotatable bonds is 2. The van der Waals surface area contributed by atoms with Crippen molar-refractivity contribution in [2.75, 3.05) is 0 Å². The Kier molecular flexibility index (Phi) is 3.97. The summed E-state index contributed by atoms with van der Waals surface area (Å²) in [7, 11) is 0. The standard InChI is InChI=1S/C34H20O2/c1-2-8-21(9-3-1)33-24-10-4-6-12-26(24)34(27-13-7-5-11-25(27)33)23-14-15-30-28(18-23)29-20-31-22(16-17-35-31)19-32(29)36-30/h1-20H. The Balaban J connectivity index is 1.49. The lowest BCUT2D eigenvalue weighted by Gasteiger charge is -2.17. The fourth-order valence-corrected chi connectivity index (χ4v) is 5.74. The van der Waals surface area contributed by atoms with Gasteiger partial charge in [0.15, 0.2) is 0 Å². The third-order valence-electron chi connectivity index (χ3n) is 7.33. The second-order valence-electron chi connectivity index (χ2n) is 9.33. The third-order valence-corrected chi connectivity index (χ3v) is 7.33. The molecule has 2 aromatic heterocycles. The van der Waals surface area contributed by atoms with Crippen molar-refractivity contribution in [2.45, 2.75) is 0 Å². The highest BCUT2D eigenvalue weighted by atomic mass is 16.3. The van der Waals surface area contributed by atoms with E-state index in [0.29, 0.717) is 0 Å². The predicted molar refractivity (Wildman–Crippen MR) is 149 cm³/mol. The molecule has 0 saturated carbocycles. The van der Waals surface area contributed by atoms with E-state index < -0.39 is 0 Å². The molecule has 168 valence electrons. The van der Waals surface area contributed by atoms with Crippen molar-refractivity contribution in [3.8, 4) is 22.3 Å². The molecule has 0 saturated heterocycles. The number of benzene rings is 6. The Bertz CT molecular complexity index is 2030. The average Bonchev–Trinajstić information content (AvgIpc) is 3.54. The maximum absolute atomic E-state index is 6.23. The van der Waals surface area contributed by atoms with E-state index >= 15 is 0 Å². The second-order valence-corrected chi connectivity index (χ2v) is 9.33. The minimum atomic E-state index is 0.874. The summed E-state index contributed by atoms with van der Waals surface area (Å²) >= 11 is 0. The van der Waals surface area contributed by atoms with Gasteiger partial charge < -0.3 is 8.83 Å². The number of hydrogen-bond donors (Lipinski definition) is 0. The van der Waals surface area contributed by atoms with Gasteiger partial charge in [-0.1, -0.05) is 84.9 Å². The van der Waals surface area contributed by atoms with Crippen LogP contribution in [0, 0.1) is 0 Å². The molecule has 36 heavy (non-hydrogen) atoms. The fourth-order valence-electron chi connectivity index (χ4n) is 5.74. The lowest BCUT2D eigenvalue weighted by Crippen LogP contribution is -1.90. The molecular formula is C34H20O2. The van der Waals surface area contributed by atoms with Crippen molar-refractivity contribution in [2.24, 2.45) is 0 Å². The Hall–Kier alpha value is -4.82. The van der Waals surface area contributed by atoms with E-state index in [4.69, 9.17) is 8.83 Å². The van der Waals surface area contributed by atoms with Crippen LogP contribution in [0.3, 0.4) is 0 Å². The van der Waals surface area contributed by atoms with Gasteiger partial charge in [0.2, 0.25) is 0 Å². The van der Waals surface area contributed by atoms with Crippen LogP contribution in [0.5, 0.6) is 0 Å². The lowest BCUT2D eigenvalue weighted by molar-refractivity contribution is 0.616. The molecule has 8 aromatic rings. The summed E-state index contributed by atoms with van der Waals surface area (Å²) in [5.41, 5.74) is 7.57. The summed E-state index contributed by atoms with van der Waals surface area (Å²) in [6.45, 7) is 0. The van der Waals surface area contributed by atoms with Gasteiger partial charge in [-0.3, -0.25) is 0 Å². The second kappa shape index (κ2) is 7.34. The Morgan fingerprint density at radius 1 is 0.389 bits per heavy atom. The fraction of sp³-hybridized carbons (Fsp3) is 0. The quantitative estimate of drug-likeness (QED) is 0.240. The zero-order valence-electron chi connectivity index (χ0n) is 19.4. The predicted octanol–water partition coefficient (Wildman–Crippen LogP) is 9.97. The normalized spacial score (nSPS) is 11.9. The molecular weight excluding hydrogens is 440 g/mol. The van der Waals surface area contributed by atoms with Crippen molar-refractivity contribution in [3.63, 3.8) is 0 Å². The molecule has 0 aliphatic carbocycles. The van der Waals surface area contributed by atoms with Gasteiger partial charge in [0.05, 0.1) is 6.26 Å². The summed E-state index contributed by atoms with van der Waals surface area (Å²) in [5, 5.41) is 8.23. The van der Waals surface area contributed by atoms with E-state index in [9.17, 15) is 0 Å². The summed E-state index contributed by atoms with van der Waals surface area (Å²) in [4.78, 5) is 0. The number of furan rings is 2.